The second-order valence-electron chi connectivity index (χ2n) is 16.6. The van der Waals surface area contributed by atoms with Crippen LogP contribution in [0.3, 0.4) is 0 Å². The van der Waals surface area contributed by atoms with Gasteiger partial charge in [-0.2, -0.15) is 0 Å². The van der Waals surface area contributed by atoms with Crippen molar-refractivity contribution in [1.82, 2.24) is 0 Å². The molecule has 1 N–H and O–H groups in total. The molecule has 2 spiro atoms. The molecule has 6 rings (SSSR count). The molecule has 0 aliphatic heterocycles. The summed E-state index contributed by atoms with van der Waals surface area (Å²) in [5.41, 5.74) is 3.49. The Balaban J connectivity index is 0.000000428. The van der Waals surface area contributed by atoms with Crippen LogP contribution in [0.5, 0.6) is 0 Å². The summed E-state index contributed by atoms with van der Waals surface area (Å²) in [6.45, 7) is 18.1. The van der Waals surface area contributed by atoms with Crippen molar-refractivity contribution in [3.63, 3.8) is 0 Å². The minimum absolute atomic E-state index is 0. The molecule has 0 heterocycles. The van der Waals surface area contributed by atoms with Crippen LogP contribution < -0.4 is 0 Å². The lowest BCUT2D eigenvalue weighted by Gasteiger charge is -2.63. The van der Waals surface area contributed by atoms with Crippen molar-refractivity contribution in [1.29, 1.82) is 0 Å². The van der Waals surface area contributed by atoms with Gasteiger partial charge in [-0.3, -0.25) is 4.79 Å². The zero-order chi connectivity index (χ0) is 31.3. The highest BCUT2D eigenvalue weighted by Crippen LogP contribution is 2.84. The third-order valence-electron chi connectivity index (χ3n) is 14.2. The summed E-state index contributed by atoms with van der Waals surface area (Å²) in [5, 5.41) is 8.57. The molecule has 0 aromatic rings. The van der Waals surface area contributed by atoms with E-state index in [0.717, 1.165) is 50.0 Å². The maximum atomic E-state index is 12.4. The predicted molar refractivity (Wildman–Crippen MR) is 181 cm³/mol. The van der Waals surface area contributed by atoms with Gasteiger partial charge >= 0.3 is 5.97 Å². The quantitative estimate of drug-likeness (QED) is 0.185. The molecule has 0 bridgehead atoms. The van der Waals surface area contributed by atoms with Gasteiger partial charge in [0, 0.05) is 17.8 Å². The molecule has 5 saturated carbocycles. The van der Waals surface area contributed by atoms with E-state index in [9.17, 15) is 9.59 Å². The van der Waals surface area contributed by atoms with Crippen molar-refractivity contribution in [2.45, 2.75) is 145 Å². The number of hydrogen-bond donors (Lipinski definition) is 1. The number of ether oxygens (including phenoxy) is 1. The number of aliphatic hydroxyl groups excluding tert-OH is 1. The van der Waals surface area contributed by atoms with Crippen LogP contribution in [-0.2, 0) is 14.3 Å². The number of rotatable bonds is 6. The summed E-state index contributed by atoms with van der Waals surface area (Å²) in [7, 11) is 0. The Morgan fingerprint density at radius 3 is 2.39 bits per heavy atom. The van der Waals surface area contributed by atoms with E-state index in [1.165, 1.54) is 63.2 Å². The fourth-order valence-corrected chi connectivity index (χ4v) is 12.2. The zero-order valence-electron chi connectivity index (χ0n) is 28.2. The van der Waals surface area contributed by atoms with E-state index in [-0.39, 0.29) is 36.9 Å². The highest BCUT2D eigenvalue weighted by atomic mass is 16.5. The van der Waals surface area contributed by atoms with Crippen LogP contribution in [0.2, 0.25) is 0 Å². The lowest BCUT2D eigenvalue weighted by molar-refractivity contribution is -0.189. The molecule has 44 heavy (non-hydrogen) atoms. The van der Waals surface area contributed by atoms with Gasteiger partial charge in [0.15, 0.2) is 0 Å². The number of aldehydes is 1. The molecule has 0 radical (unpaired) electrons. The van der Waals surface area contributed by atoms with Gasteiger partial charge in [0.1, 0.15) is 12.4 Å². The first-order valence-corrected chi connectivity index (χ1v) is 17.6. The highest BCUT2D eigenvalue weighted by Gasteiger charge is 2.77. The van der Waals surface area contributed by atoms with Gasteiger partial charge in [0.2, 0.25) is 0 Å². The van der Waals surface area contributed by atoms with Crippen LogP contribution in [0, 0.1) is 50.7 Å². The van der Waals surface area contributed by atoms with Gasteiger partial charge in [-0.05, 0) is 136 Å². The second-order valence-corrected chi connectivity index (χ2v) is 16.6. The Morgan fingerprint density at radius 1 is 1.07 bits per heavy atom. The van der Waals surface area contributed by atoms with E-state index >= 15 is 0 Å². The average Bonchev–Trinajstić information content (AvgIpc) is 3.39. The van der Waals surface area contributed by atoms with Crippen molar-refractivity contribution in [2.75, 3.05) is 6.61 Å². The lowest BCUT2D eigenvalue weighted by Crippen LogP contribution is -2.58. The molecule has 6 aliphatic carbocycles. The molecule has 248 valence electrons. The third kappa shape index (κ3) is 5.62. The van der Waals surface area contributed by atoms with Gasteiger partial charge in [-0.1, -0.05) is 71.9 Å². The van der Waals surface area contributed by atoms with Crippen LogP contribution >= 0.6 is 0 Å². The SMILES string of the molecule is C.C=C(C)[C@@H]1CC[C@]2(C=O)CC[C@@]3(C[C@@H]12)C[C@]31CC[C@H]2C(C)(C)[C@@H](OC(C)=O)CC[C@]2(C)[C@H]1CCC.OCC1=CCCC=C1. The molecule has 6 aliphatic rings. The Hall–Kier alpha value is -1.68. The molecule has 5 fully saturated rings. The molecule has 0 amide bonds. The fourth-order valence-electron chi connectivity index (χ4n) is 12.2. The first-order valence-electron chi connectivity index (χ1n) is 17.6. The van der Waals surface area contributed by atoms with Crippen molar-refractivity contribution in [2.24, 2.45) is 50.7 Å². The number of allylic oxidation sites excluding steroid dienone is 3. The number of carbonyl (C=O) groups is 2. The predicted octanol–water partition coefficient (Wildman–Crippen LogP) is 9.81. The van der Waals surface area contributed by atoms with Crippen LogP contribution in [0.25, 0.3) is 0 Å². The summed E-state index contributed by atoms with van der Waals surface area (Å²) < 4.78 is 5.90. The molecule has 0 aromatic carbocycles. The maximum absolute atomic E-state index is 12.4. The minimum atomic E-state index is -0.130. The standard InChI is InChI=1S/C32H50O3.C7H10O.CH4/c1-8-9-26-29(7)13-12-27(35-22(4)34)28(5,6)25(29)11-15-32(26)19-31(32)17-16-30(20-33)14-10-23(21(2)3)24(30)18-31;8-6-7-4-2-1-3-5-7;/h20,23-27H,2,8-19H2,1,3-7H3;2,4-5,8H,1,3,6H2;1H4/t23-,24-,25-,26+,27-,29-,30+,31+,32-;;/m0../s1. The van der Waals surface area contributed by atoms with Crippen LogP contribution in [0.1, 0.15) is 139 Å². The Kier molecular flexibility index (Phi) is 10.3. The van der Waals surface area contributed by atoms with Crippen molar-refractivity contribution in [3.05, 3.63) is 36.0 Å². The van der Waals surface area contributed by atoms with Gasteiger partial charge in [0.25, 0.3) is 0 Å². The monoisotopic (exact) mass is 608 g/mol. The molecular formula is C40H64O4. The minimum Gasteiger partial charge on any atom is -0.462 e. The molecule has 9 atom stereocenters. The smallest absolute Gasteiger partial charge is 0.302 e. The molecular weight excluding hydrogens is 544 g/mol. The normalized spacial score (nSPS) is 43.0. The number of aliphatic hydroxyl groups is 1. The second kappa shape index (κ2) is 12.8. The molecule has 4 nitrogen and oxygen atoms in total. The van der Waals surface area contributed by atoms with Crippen molar-refractivity contribution < 1.29 is 19.4 Å². The number of carbonyl (C=O) groups excluding carboxylic acids is 2. The zero-order valence-corrected chi connectivity index (χ0v) is 28.2. The number of hydrogen-bond acceptors (Lipinski definition) is 4. The van der Waals surface area contributed by atoms with Crippen LogP contribution in [0.4, 0.5) is 0 Å². The summed E-state index contributed by atoms with van der Waals surface area (Å²) in [4.78, 5) is 24.3. The first-order chi connectivity index (χ1) is 20.3. The van der Waals surface area contributed by atoms with E-state index in [1.807, 2.05) is 6.08 Å². The van der Waals surface area contributed by atoms with E-state index in [1.54, 1.807) is 6.92 Å². The lowest BCUT2D eigenvalue weighted by atomic mass is 9.43. The molecule has 0 saturated heterocycles. The molecule has 0 aromatic heterocycles. The van der Waals surface area contributed by atoms with Gasteiger partial charge in [-0.25, -0.2) is 0 Å². The third-order valence-corrected chi connectivity index (χ3v) is 14.2. The summed E-state index contributed by atoms with van der Waals surface area (Å²) in [6, 6.07) is 0. The summed E-state index contributed by atoms with van der Waals surface area (Å²) in [6.07, 6.45) is 24.3. The van der Waals surface area contributed by atoms with Crippen molar-refractivity contribution in [3.8, 4) is 0 Å². The Bertz CT molecular complexity index is 1150. The Morgan fingerprint density at radius 2 is 1.82 bits per heavy atom. The summed E-state index contributed by atoms with van der Waals surface area (Å²) >= 11 is 0. The topological polar surface area (TPSA) is 63.6 Å². The first kappa shape index (κ1) is 35.2. The van der Waals surface area contributed by atoms with E-state index in [4.69, 9.17) is 9.84 Å². The van der Waals surface area contributed by atoms with Gasteiger partial charge in [0.05, 0.1) is 6.61 Å². The highest BCUT2D eigenvalue weighted by molar-refractivity contribution is 5.66. The maximum Gasteiger partial charge on any atom is 0.302 e. The fraction of sp³-hybridized carbons (Fsp3) is 0.800. The van der Waals surface area contributed by atoms with Crippen LogP contribution in [0.15, 0.2) is 36.0 Å². The number of esters is 1. The van der Waals surface area contributed by atoms with E-state index < -0.39 is 0 Å². The Labute approximate surface area is 269 Å². The van der Waals surface area contributed by atoms with Gasteiger partial charge in [-0.15, -0.1) is 0 Å². The largest absolute Gasteiger partial charge is 0.462 e. The molecule has 0 unspecified atom stereocenters. The van der Waals surface area contributed by atoms with Crippen LogP contribution in [-0.4, -0.2) is 30.1 Å². The van der Waals surface area contributed by atoms with Crippen molar-refractivity contribution >= 4 is 12.3 Å². The average molecular weight is 609 g/mol. The van der Waals surface area contributed by atoms with E-state index in [0.29, 0.717) is 34.0 Å². The van der Waals surface area contributed by atoms with Gasteiger partial charge < -0.3 is 14.6 Å². The summed E-state index contributed by atoms with van der Waals surface area (Å²) in [5.74, 6) is 2.25. The number of fused-ring (bicyclic) bond motifs is 3. The van der Waals surface area contributed by atoms with E-state index in [2.05, 4.69) is 53.3 Å². The molecule has 4 heteroatoms.